The minimum atomic E-state index is -0.651. The Hall–Kier alpha value is -1.51. The van der Waals surface area contributed by atoms with E-state index >= 15 is 0 Å². The van der Waals surface area contributed by atoms with Gasteiger partial charge < -0.3 is 9.84 Å². The molecule has 0 fully saturated rings. The molecule has 0 amide bonds. The minimum absolute atomic E-state index is 0.193. The van der Waals surface area contributed by atoms with Gasteiger partial charge >= 0.3 is 5.97 Å². The van der Waals surface area contributed by atoms with Crippen LogP contribution in [0, 0.1) is 12.8 Å². The van der Waals surface area contributed by atoms with Gasteiger partial charge in [-0.2, -0.15) is 0 Å². The van der Waals surface area contributed by atoms with E-state index in [1.54, 1.807) is 0 Å². The van der Waals surface area contributed by atoms with Crippen molar-refractivity contribution >= 4 is 5.97 Å². The number of carbonyl (C=O) groups is 1. The average molecular weight is 363 g/mol. The van der Waals surface area contributed by atoms with E-state index in [9.17, 15) is 9.90 Å². The number of hydrogen-bond acceptors (Lipinski definition) is 2. The maximum Gasteiger partial charge on any atom is 0.306 e. The quantitative estimate of drug-likeness (QED) is 0.359. The number of hydrogen-bond donors (Lipinski definition) is 1. The lowest BCUT2D eigenvalue weighted by Crippen LogP contribution is -2.13. The third kappa shape index (κ3) is 9.26. The lowest BCUT2D eigenvalue weighted by molar-refractivity contribution is -0.142. The zero-order chi connectivity index (χ0) is 19.2. The normalized spacial score (nSPS) is 12.1. The van der Waals surface area contributed by atoms with E-state index < -0.39 is 5.97 Å². The molecule has 1 atom stereocenters. The van der Waals surface area contributed by atoms with Crippen LogP contribution < -0.4 is 4.74 Å². The molecule has 1 unspecified atom stereocenters. The lowest BCUT2D eigenvalue weighted by atomic mass is 9.95. The van der Waals surface area contributed by atoms with Crippen molar-refractivity contribution in [3.63, 3.8) is 0 Å². The fourth-order valence-corrected chi connectivity index (χ4v) is 3.39. The second kappa shape index (κ2) is 13.7. The maximum absolute atomic E-state index is 11.2. The van der Waals surface area contributed by atoms with E-state index in [0.717, 1.165) is 50.9 Å². The standard InChI is InChI=1S/C23H38O3/c1-4-6-7-8-9-10-17-26-22-16-15-20(18-19(22)3)13-11-14-21(12-5-2)23(24)25/h15-16,18,21H,4-14,17H2,1-3H3,(H,24,25). The fourth-order valence-electron chi connectivity index (χ4n) is 3.39. The Balaban J connectivity index is 2.31. The summed E-state index contributed by atoms with van der Waals surface area (Å²) in [5.41, 5.74) is 2.45. The number of carboxylic acids is 1. The highest BCUT2D eigenvalue weighted by molar-refractivity contribution is 5.69. The Kier molecular flexibility index (Phi) is 11.8. The molecule has 3 heteroatoms. The molecular formula is C23H38O3. The number of aryl methyl sites for hydroxylation is 2. The Labute approximate surface area is 160 Å². The second-order valence-corrected chi connectivity index (χ2v) is 7.43. The first-order valence-electron chi connectivity index (χ1n) is 10.5. The number of benzene rings is 1. The highest BCUT2D eigenvalue weighted by Gasteiger charge is 2.15. The molecule has 26 heavy (non-hydrogen) atoms. The Morgan fingerprint density at radius 2 is 1.73 bits per heavy atom. The first-order valence-corrected chi connectivity index (χ1v) is 10.5. The summed E-state index contributed by atoms with van der Waals surface area (Å²) in [4.78, 5) is 11.2. The molecule has 0 aliphatic heterocycles. The third-order valence-corrected chi connectivity index (χ3v) is 5.00. The predicted octanol–water partition coefficient (Wildman–Crippen LogP) is 6.56. The van der Waals surface area contributed by atoms with E-state index in [4.69, 9.17) is 4.74 Å². The SMILES string of the molecule is CCCCCCCCOc1ccc(CCCC(CCC)C(=O)O)cc1C. The molecular weight excluding hydrogens is 324 g/mol. The van der Waals surface area contributed by atoms with Gasteiger partial charge in [0, 0.05) is 0 Å². The molecule has 0 saturated heterocycles. The van der Waals surface area contributed by atoms with Crippen molar-refractivity contribution in [3.8, 4) is 5.75 Å². The van der Waals surface area contributed by atoms with Gasteiger partial charge in [0.25, 0.3) is 0 Å². The van der Waals surface area contributed by atoms with E-state index in [2.05, 4.69) is 32.0 Å². The molecule has 1 aromatic carbocycles. The van der Waals surface area contributed by atoms with Gasteiger partial charge in [0.2, 0.25) is 0 Å². The van der Waals surface area contributed by atoms with Gasteiger partial charge in [-0.25, -0.2) is 0 Å². The van der Waals surface area contributed by atoms with Crippen LogP contribution in [0.4, 0.5) is 0 Å². The number of ether oxygens (including phenoxy) is 1. The molecule has 0 spiro atoms. The maximum atomic E-state index is 11.2. The summed E-state index contributed by atoms with van der Waals surface area (Å²) >= 11 is 0. The van der Waals surface area contributed by atoms with Gasteiger partial charge in [0.15, 0.2) is 0 Å². The second-order valence-electron chi connectivity index (χ2n) is 7.43. The van der Waals surface area contributed by atoms with Crippen molar-refractivity contribution in [2.45, 2.75) is 91.4 Å². The fraction of sp³-hybridized carbons (Fsp3) is 0.696. The molecule has 148 valence electrons. The molecule has 1 N–H and O–H groups in total. The van der Waals surface area contributed by atoms with Crippen LogP contribution in [0.3, 0.4) is 0 Å². The summed E-state index contributed by atoms with van der Waals surface area (Å²) in [5.74, 6) is 0.138. The number of unbranched alkanes of at least 4 members (excludes halogenated alkanes) is 5. The molecule has 1 aromatic rings. The van der Waals surface area contributed by atoms with Crippen molar-refractivity contribution < 1.29 is 14.6 Å². The van der Waals surface area contributed by atoms with Crippen molar-refractivity contribution in [2.24, 2.45) is 5.92 Å². The molecule has 0 radical (unpaired) electrons. The van der Waals surface area contributed by atoms with Crippen LogP contribution in [0.15, 0.2) is 18.2 Å². The predicted molar refractivity (Wildman–Crippen MR) is 109 cm³/mol. The van der Waals surface area contributed by atoms with Crippen LogP contribution >= 0.6 is 0 Å². The van der Waals surface area contributed by atoms with Gasteiger partial charge in [-0.1, -0.05) is 64.5 Å². The summed E-state index contributed by atoms with van der Waals surface area (Å²) in [6.07, 6.45) is 12.0. The van der Waals surface area contributed by atoms with Gasteiger partial charge in [-0.15, -0.1) is 0 Å². The van der Waals surface area contributed by atoms with E-state index in [-0.39, 0.29) is 5.92 Å². The number of carboxylic acid groups (broad SMARTS) is 1. The van der Waals surface area contributed by atoms with Crippen molar-refractivity contribution in [1.82, 2.24) is 0 Å². The topological polar surface area (TPSA) is 46.5 Å². The molecule has 0 aliphatic rings. The summed E-state index contributed by atoms with van der Waals surface area (Å²) in [6, 6.07) is 6.38. The van der Waals surface area contributed by atoms with Gasteiger partial charge in [0.1, 0.15) is 5.75 Å². The van der Waals surface area contributed by atoms with Gasteiger partial charge in [-0.05, 0) is 56.2 Å². The molecule has 3 nitrogen and oxygen atoms in total. The van der Waals surface area contributed by atoms with Crippen LogP contribution in [0.1, 0.15) is 89.2 Å². The monoisotopic (exact) mass is 362 g/mol. The Bertz CT molecular complexity index is 510. The summed E-state index contributed by atoms with van der Waals surface area (Å²) in [5, 5.41) is 9.23. The van der Waals surface area contributed by atoms with Crippen LogP contribution in [-0.4, -0.2) is 17.7 Å². The highest BCUT2D eigenvalue weighted by atomic mass is 16.5. The summed E-state index contributed by atoms with van der Waals surface area (Å²) in [7, 11) is 0. The van der Waals surface area contributed by atoms with Crippen LogP contribution in [0.25, 0.3) is 0 Å². The highest BCUT2D eigenvalue weighted by Crippen LogP contribution is 2.22. The van der Waals surface area contributed by atoms with Crippen LogP contribution in [0.2, 0.25) is 0 Å². The van der Waals surface area contributed by atoms with Gasteiger partial charge in [-0.3, -0.25) is 4.79 Å². The van der Waals surface area contributed by atoms with Crippen LogP contribution in [-0.2, 0) is 11.2 Å². The zero-order valence-corrected chi connectivity index (χ0v) is 17.1. The van der Waals surface area contributed by atoms with Crippen LogP contribution in [0.5, 0.6) is 5.75 Å². The molecule has 0 heterocycles. The van der Waals surface area contributed by atoms with Crippen molar-refractivity contribution in [2.75, 3.05) is 6.61 Å². The van der Waals surface area contributed by atoms with E-state index in [1.165, 1.54) is 43.2 Å². The lowest BCUT2D eigenvalue weighted by Gasteiger charge is -2.12. The van der Waals surface area contributed by atoms with Crippen molar-refractivity contribution in [1.29, 1.82) is 0 Å². The summed E-state index contributed by atoms with van der Waals surface area (Å²) in [6.45, 7) is 7.18. The molecule has 1 rings (SSSR count). The largest absolute Gasteiger partial charge is 0.493 e. The van der Waals surface area contributed by atoms with Gasteiger partial charge in [0.05, 0.1) is 12.5 Å². The number of rotatable bonds is 15. The summed E-state index contributed by atoms with van der Waals surface area (Å²) < 4.78 is 5.93. The van der Waals surface area contributed by atoms with E-state index in [0.29, 0.717) is 0 Å². The molecule has 0 saturated carbocycles. The van der Waals surface area contributed by atoms with Crippen molar-refractivity contribution in [3.05, 3.63) is 29.3 Å². The van der Waals surface area contributed by atoms with E-state index in [1.807, 2.05) is 6.92 Å². The number of aliphatic carboxylic acids is 1. The first-order chi connectivity index (χ1) is 12.6. The Morgan fingerprint density at radius 1 is 1.00 bits per heavy atom. The molecule has 0 bridgehead atoms. The molecule has 0 aliphatic carbocycles. The minimum Gasteiger partial charge on any atom is -0.493 e. The molecule has 0 aromatic heterocycles. The first kappa shape index (κ1) is 22.5. The zero-order valence-electron chi connectivity index (χ0n) is 17.1. The third-order valence-electron chi connectivity index (χ3n) is 5.00. The Morgan fingerprint density at radius 3 is 2.38 bits per heavy atom. The average Bonchev–Trinajstić information content (AvgIpc) is 2.61. The smallest absolute Gasteiger partial charge is 0.306 e.